The average molecular weight is 264 g/mol. The molecule has 1 aromatic carbocycles. The Labute approximate surface area is 110 Å². The number of aliphatic hydroxyl groups excluding tert-OH is 1. The lowest BCUT2D eigenvalue weighted by molar-refractivity contribution is 0.185. The van der Waals surface area contributed by atoms with Gasteiger partial charge in [-0.15, -0.1) is 0 Å². The van der Waals surface area contributed by atoms with E-state index in [-0.39, 0.29) is 0 Å². The molecular weight excluding hydrogens is 248 g/mol. The highest BCUT2D eigenvalue weighted by Crippen LogP contribution is 2.08. The Morgan fingerprint density at radius 1 is 1.39 bits per heavy atom. The third kappa shape index (κ3) is 3.68. The van der Waals surface area contributed by atoms with Crippen LogP contribution in [0.5, 0.6) is 0 Å². The molecule has 5 nitrogen and oxygen atoms in total. The minimum Gasteiger partial charge on any atom is -0.391 e. The summed E-state index contributed by atoms with van der Waals surface area (Å²) < 4.78 is 0.476. The molecule has 0 bridgehead atoms. The van der Waals surface area contributed by atoms with Gasteiger partial charge in [-0.2, -0.15) is 5.10 Å². The lowest BCUT2D eigenvalue weighted by Crippen LogP contribution is -2.22. The van der Waals surface area contributed by atoms with Crippen molar-refractivity contribution < 1.29 is 5.11 Å². The van der Waals surface area contributed by atoms with Crippen molar-refractivity contribution in [2.45, 2.75) is 19.4 Å². The second-order valence-electron chi connectivity index (χ2n) is 4.23. The summed E-state index contributed by atoms with van der Waals surface area (Å²) in [6.45, 7) is 2.51. The molecule has 4 N–H and O–H groups in total. The highest BCUT2D eigenvalue weighted by Gasteiger charge is 2.07. The van der Waals surface area contributed by atoms with E-state index in [1.807, 2.05) is 31.2 Å². The molecule has 1 aromatic heterocycles. The first kappa shape index (κ1) is 12.8. The Hall–Kier alpha value is -1.66. The van der Waals surface area contributed by atoms with Crippen molar-refractivity contribution in [1.82, 2.24) is 15.2 Å². The number of aliphatic hydroxyl groups is 1. The highest BCUT2D eigenvalue weighted by atomic mass is 32.1. The van der Waals surface area contributed by atoms with Crippen molar-refractivity contribution in [2.75, 3.05) is 11.9 Å². The fraction of sp³-hybridized carbons (Fsp3) is 0.333. The molecule has 0 saturated carbocycles. The van der Waals surface area contributed by atoms with Crippen molar-refractivity contribution in [2.24, 2.45) is 0 Å². The van der Waals surface area contributed by atoms with Crippen LogP contribution in [-0.4, -0.2) is 32.9 Å². The summed E-state index contributed by atoms with van der Waals surface area (Å²) in [4.78, 5) is 2.87. The standard InChI is InChI=1S/C12H16N4OS/c1-8-2-4-9(5-3-8)13-7-10(17)6-11-14-12(18)16-15-11/h2-5,10,13,17H,6-7H2,1H3,(H2,14,15,16,18). The van der Waals surface area contributed by atoms with Gasteiger partial charge in [-0.1, -0.05) is 17.7 Å². The molecule has 96 valence electrons. The minimum absolute atomic E-state index is 0.437. The maximum Gasteiger partial charge on any atom is 0.192 e. The summed E-state index contributed by atoms with van der Waals surface area (Å²) in [5, 5.41) is 19.6. The van der Waals surface area contributed by atoms with Gasteiger partial charge in [0.05, 0.1) is 6.10 Å². The third-order valence-electron chi connectivity index (χ3n) is 2.57. The van der Waals surface area contributed by atoms with Gasteiger partial charge in [0.15, 0.2) is 4.77 Å². The number of benzene rings is 1. The number of nitrogens with one attached hydrogen (secondary N) is 3. The summed E-state index contributed by atoms with van der Waals surface area (Å²) in [7, 11) is 0. The van der Waals surface area contributed by atoms with Crippen LogP contribution in [0, 0.1) is 11.7 Å². The van der Waals surface area contributed by atoms with Crippen LogP contribution < -0.4 is 5.32 Å². The van der Waals surface area contributed by atoms with E-state index in [4.69, 9.17) is 12.2 Å². The Morgan fingerprint density at radius 3 is 2.72 bits per heavy atom. The van der Waals surface area contributed by atoms with E-state index in [1.54, 1.807) is 0 Å². The average Bonchev–Trinajstić information content (AvgIpc) is 2.74. The predicted octanol–water partition coefficient (Wildman–Crippen LogP) is 1.79. The number of anilines is 1. The van der Waals surface area contributed by atoms with Gasteiger partial charge in [0.25, 0.3) is 0 Å². The lowest BCUT2D eigenvalue weighted by atomic mass is 10.2. The van der Waals surface area contributed by atoms with Crippen molar-refractivity contribution in [3.8, 4) is 0 Å². The zero-order chi connectivity index (χ0) is 13.0. The second-order valence-corrected chi connectivity index (χ2v) is 4.64. The Kier molecular flexibility index (Phi) is 4.11. The third-order valence-corrected chi connectivity index (χ3v) is 2.77. The molecule has 0 aliphatic heterocycles. The monoisotopic (exact) mass is 264 g/mol. The van der Waals surface area contributed by atoms with E-state index in [0.29, 0.717) is 23.6 Å². The SMILES string of the molecule is Cc1ccc(NCC(O)Cc2n[nH]c(=S)[nH]2)cc1. The minimum atomic E-state index is -0.514. The van der Waals surface area contributed by atoms with Gasteiger partial charge in [-0.3, -0.25) is 5.10 Å². The van der Waals surface area contributed by atoms with Crippen molar-refractivity contribution >= 4 is 17.9 Å². The normalized spacial score (nSPS) is 12.3. The number of hydrogen-bond acceptors (Lipinski definition) is 4. The van der Waals surface area contributed by atoms with Gasteiger partial charge in [0.2, 0.25) is 0 Å². The quantitative estimate of drug-likeness (QED) is 0.621. The molecule has 0 saturated heterocycles. The number of H-pyrrole nitrogens is 2. The summed E-state index contributed by atoms with van der Waals surface area (Å²) in [5.74, 6) is 0.665. The van der Waals surface area contributed by atoms with Crippen LogP contribution >= 0.6 is 12.2 Å². The summed E-state index contributed by atoms with van der Waals surface area (Å²) >= 11 is 4.87. The van der Waals surface area contributed by atoms with Crippen LogP contribution in [0.1, 0.15) is 11.4 Å². The molecule has 0 radical (unpaired) electrons. The number of hydrogen-bond donors (Lipinski definition) is 4. The maximum atomic E-state index is 9.86. The molecular formula is C12H16N4OS. The number of rotatable bonds is 5. The molecule has 6 heteroatoms. The fourth-order valence-electron chi connectivity index (χ4n) is 1.60. The topological polar surface area (TPSA) is 76.7 Å². The van der Waals surface area contributed by atoms with Crippen LogP contribution in [0.3, 0.4) is 0 Å². The molecule has 2 rings (SSSR count). The highest BCUT2D eigenvalue weighted by molar-refractivity contribution is 7.71. The smallest absolute Gasteiger partial charge is 0.192 e. The number of aryl methyl sites for hydroxylation is 1. The van der Waals surface area contributed by atoms with Crippen LogP contribution in [0.2, 0.25) is 0 Å². The van der Waals surface area contributed by atoms with E-state index >= 15 is 0 Å². The Balaban J connectivity index is 1.83. The van der Waals surface area contributed by atoms with E-state index < -0.39 is 6.10 Å². The van der Waals surface area contributed by atoms with Crippen LogP contribution in [0.4, 0.5) is 5.69 Å². The van der Waals surface area contributed by atoms with Crippen molar-refractivity contribution in [3.05, 3.63) is 40.4 Å². The molecule has 0 fully saturated rings. The molecule has 0 amide bonds. The molecule has 1 heterocycles. The van der Waals surface area contributed by atoms with Crippen LogP contribution in [0.15, 0.2) is 24.3 Å². The van der Waals surface area contributed by atoms with E-state index in [2.05, 4.69) is 20.5 Å². The van der Waals surface area contributed by atoms with Gasteiger partial charge in [-0.05, 0) is 31.3 Å². The molecule has 1 unspecified atom stereocenters. The zero-order valence-electron chi connectivity index (χ0n) is 10.1. The van der Waals surface area contributed by atoms with Gasteiger partial charge in [0.1, 0.15) is 5.82 Å². The number of aromatic amines is 2. The Morgan fingerprint density at radius 2 is 2.11 bits per heavy atom. The van der Waals surface area contributed by atoms with Gasteiger partial charge >= 0.3 is 0 Å². The van der Waals surface area contributed by atoms with Crippen molar-refractivity contribution in [3.63, 3.8) is 0 Å². The number of aromatic nitrogens is 3. The first-order valence-electron chi connectivity index (χ1n) is 5.75. The lowest BCUT2D eigenvalue weighted by Gasteiger charge is -2.11. The van der Waals surface area contributed by atoms with E-state index in [9.17, 15) is 5.11 Å². The van der Waals surface area contributed by atoms with Gasteiger partial charge in [-0.25, -0.2) is 0 Å². The fourth-order valence-corrected chi connectivity index (χ4v) is 1.77. The molecule has 0 aliphatic carbocycles. The number of nitrogens with zero attached hydrogens (tertiary/aromatic N) is 1. The molecule has 0 aliphatic rings. The largest absolute Gasteiger partial charge is 0.391 e. The zero-order valence-corrected chi connectivity index (χ0v) is 10.9. The molecule has 1 atom stereocenters. The van der Waals surface area contributed by atoms with Gasteiger partial charge < -0.3 is 15.4 Å². The van der Waals surface area contributed by atoms with E-state index in [1.165, 1.54) is 5.56 Å². The first-order valence-corrected chi connectivity index (χ1v) is 6.16. The van der Waals surface area contributed by atoms with Crippen LogP contribution in [0.25, 0.3) is 0 Å². The predicted molar refractivity (Wildman–Crippen MR) is 73.2 cm³/mol. The summed E-state index contributed by atoms with van der Waals surface area (Å²) in [6.07, 6.45) is -0.0771. The maximum absolute atomic E-state index is 9.86. The summed E-state index contributed by atoms with van der Waals surface area (Å²) in [5.41, 5.74) is 2.21. The first-order chi connectivity index (χ1) is 8.63. The van der Waals surface area contributed by atoms with E-state index in [0.717, 1.165) is 5.69 Å². The molecule has 0 spiro atoms. The Bertz CT molecular complexity index is 546. The van der Waals surface area contributed by atoms with Gasteiger partial charge in [0, 0.05) is 18.7 Å². The van der Waals surface area contributed by atoms with Crippen molar-refractivity contribution in [1.29, 1.82) is 0 Å². The summed E-state index contributed by atoms with van der Waals surface area (Å²) in [6, 6.07) is 8.04. The second kappa shape index (κ2) is 5.79. The molecule has 18 heavy (non-hydrogen) atoms. The molecule has 2 aromatic rings. The van der Waals surface area contributed by atoms with Crippen LogP contribution in [-0.2, 0) is 6.42 Å².